The predicted octanol–water partition coefficient (Wildman–Crippen LogP) is 2.20. The molecule has 4 heteroatoms. The summed E-state index contributed by atoms with van der Waals surface area (Å²) in [4.78, 5) is 8.14. The molecule has 72 valence electrons. The zero-order valence-electron chi connectivity index (χ0n) is 8.03. The summed E-state index contributed by atoms with van der Waals surface area (Å²) in [7, 11) is 0. The second-order valence-electron chi connectivity index (χ2n) is 3.07. The van der Waals surface area contributed by atoms with Crippen LogP contribution in [0.25, 0.3) is 0 Å². The molecule has 0 spiro atoms. The molecule has 1 unspecified atom stereocenters. The van der Waals surface area contributed by atoms with E-state index in [1.807, 2.05) is 0 Å². The largest absolute Gasteiger partial charge is 0.381 e. The number of nitrogen functional groups attached to an aromatic ring is 1. The molecular weight excluding hydrogens is 182 g/mol. The topological polar surface area (TPSA) is 51.8 Å². The van der Waals surface area contributed by atoms with Crippen molar-refractivity contribution in [3.05, 3.63) is 12.4 Å². The van der Waals surface area contributed by atoms with Crippen LogP contribution in [0.4, 0.5) is 5.82 Å². The van der Waals surface area contributed by atoms with Crippen LogP contribution in [0, 0.1) is 5.92 Å². The second-order valence-corrected chi connectivity index (χ2v) is 4.08. The quantitative estimate of drug-likeness (QED) is 0.752. The van der Waals surface area contributed by atoms with E-state index in [-0.39, 0.29) is 0 Å². The summed E-state index contributed by atoms with van der Waals surface area (Å²) in [6.07, 6.45) is 4.48. The highest BCUT2D eigenvalue weighted by atomic mass is 32.2. The van der Waals surface area contributed by atoms with Crippen molar-refractivity contribution >= 4 is 17.6 Å². The highest BCUT2D eigenvalue weighted by molar-refractivity contribution is 7.99. The molecule has 3 nitrogen and oxygen atoms in total. The summed E-state index contributed by atoms with van der Waals surface area (Å²) in [5, 5.41) is 0.850. The second kappa shape index (κ2) is 5.07. The van der Waals surface area contributed by atoms with Crippen molar-refractivity contribution in [2.75, 3.05) is 11.5 Å². The third-order valence-corrected chi connectivity index (χ3v) is 3.22. The van der Waals surface area contributed by atoms with E-state index >= 15 is 0 Å². The number of hydrogen-bond donors (Lipinski definition) is 1. The van der Waals surface area contributed by atoms with E-state index < -0.39 is 0 Å². The van der Waals surface area contributed by atoms with E-state index in [4.69, 9.17) is 5.73 Å². The summed E-state index contributed by atoms with van der Waals surface area (Å²) in [5.74, 6) is 2.29. The summed E-state index contributed by atoms with van der Waals surface area (Å²) < 4.78 is 0. The smallest absolute Gasteiger partial charge is 0.156 e. The van der Waals surface area contributed by atoms with Crippen molar-refractivity contribution in [2.24, 2.45) is 5.92 Å². The van der Waals surface area contributed by atoms with Crippen LogP contribution in [0.3, 0.4) is 0 Å². The standard InChI is InChI=1S/C9H15N3S/c1-3-7(2)6-13-9-8(10)11-4-5-12-9/h4-5,7H,3,6H2,1-2H3,(H2,10,11). The van der Waals surface area contributed by atoms with Crippen LogP contribution in [0.15, 0.2) is 17.4 Å². The Morgan fingerprint density at radius 3 is 2.77 bits per heavy atom. The lowest BCUT2D eigenvalue weighted by Crippen LogP contribution is -1.99. The molecule has 0 aromatic carbocycles. The van der Waals surface area contributed by atoms with E-state index in [2.05, 4.69) is 23.8 Å². The minimum absolute atomic E-state index is 0.538. The Morgan fingerprint density at radius 1 is 1.46 bits per heavy atom. The first kappa shape index (κ1) is 10.3. The Bertz CT molecular complexity index is 265. The average molecular weight is 197 g/mol. The lowest BCUT2D eigenvalue weighted by atomic mass is 10.2. The highest BCUT2D eigenvalue weighted by Gasteiger charge is 2.04. The average Bonchev–Trinajstić information content (AvgIpc) is 2.16. The molecule has 0 aliphatic carbocycles. The Morgan fingerprint density at radius 2 is 2.15 bits per heavy atom. The normalized spacial score (nSPS) is 12.8. The predicted molar refractivity (Wildman–Crippen MR) is 56.6 cm³/mol. The van der Waals surface area contributed by atoms with Crippen LogP contribution >= 0.6 is 11.8 Å². The monoisotopic (exact) mass is 197 g/mol. The third-order valence-electron chi connectivity index (χ3n) is 1.89. The molecule has 0 aliphatic heterocycles. The van der Waals surface area contributed by atoms with Crippen molar-refractivity contribution in [1.82, 2.24) is 9.97 Å². The van der Waals surface area contributed by atoms with Gasteiger partial charge in [0.05, 0.1) is 0 Å². The number of anilines is 1. The van der Waals surface area contributed by atoms with Gasteiger partial charge >= 0.3 is 0 Å². The van der Waals surface area contributed by atoms with Crippen molar-refractivity contribution in [1.29, 1.82) is 0 Å². The molecule has 0 bridgehead atoms. The molecule has 1 rings (SSSR count). The first-order valence-corrected chi connectivity index (χ1v) is 5.41. The van der Waals surface area contributed by atoms with Gasteiger partial charge in [-0.3, -0.25) is 0 Å². The Labute approximate surface area is 83.2 Å². The van der Waals surface area contributed by atoms with Gasteiger partial charge in [-0.25, -0.2) is 9.97 Å². The molecule has 0 radical (unpaired) electrons. The van der Waals surface area contributed by atoms with Gasteiger partial charge in [0.2, 0.25) is 0 Å². The Kier molecular flexibility index (Phi) is 4.02. The fraction of sp³-hybridized carbons (Fsp3) is 0.556. The van der Waals surface area contributed by atoms with Gasteiger partial charge in [0.25, 0.3) is 0 Å². The number of thioether (sulfide) groups is 1. The molecule has 1 aromatic rings. The van der Waals surface area contributed by atoms with E-state index in [9.17, 15) is 0 Å². The molecule has 0 saturated carbocycles. The SMILES string of the molecule is CCC(C)CSc1nccnc1N. The van der Waals surface area contributed by atoms with Gasteiger partial charge in [0.1, 0.15) is 5.03 Å². The number of rotatable bonds is 4. The van der Waals surface area contributed by atoms with Gasteiger partial charge in [-0.15, -0.1) is 11.8 Å². The lowest BCUT2D eigenvalue weighted by molar-refractivity contribution is 0.636. The van der Waals surface area contributed by atoms with Gasteiger partial charge in [-0.1, -0.05) is 20.3 Å². The Balaban J connectivity index is 2.50. The highest BCUT2D eigenvalue weighted by Crippen LogP contribution is 2.22. The molecule has 13 heavy (non-hydrogen) atoms. The summed E-state index contributed by atoms with van der Waals surface area (Å²) in [5.41, 5.74) is 5.65. The molecule has 2 N–H and O–H groups in total. The van der Waals surface area contributed by atoms with E-state index in [1.54, 1.807) is 24.2 Å². The van der Waals surface area contributed by atoms with Gasteiger partial charge < -0.3 is 5.73 Å². The van der Waals surface area contributed by atoms with Crippen LogP contribution in [0.5, 0.6) is 0 Å². The van der Waals surface area contributed by atoms with Crippen LogP contribution in [0.1, 0.15) is 20.3 Å². The van der Waals surface area contributed by atoms with Crippen LogP contribution in [0.2, 0.25) is 0 Å². The van der Waals surface area contributed by atoms with Gasteiger partial charge in [0.15, 0.2) is 5.82 Å². The lowest BCUT2D eigenvalue weighted by Gasteiger charge is -2.07. The number of hydrogen-bond acceptors (Lipinski definition) is 4. The molecule has 0 fully saturated rings. The van der Waals surface area contributed by atoms with Crippen LogP contribution in [-0.2, 0) is 0 Å². The van der Waals surface area contributed by atoms with Crippen molar-refractivity contribution in [3.8, 4) is 0 Å². The summed E-state index contributed by atoms with van der Waals surface area (Å²) >= 11 is 1.68. The molecule has 1 aromatic heterocycles. The summed E-state index contributed by atoms with van der Waals surface area (Å²) in [6.45, 7) is 4.41. The zero-order valence-corrected chi connectivity index (χ0v) is 8.84. The van der Waals surface area contributed by atoms with Crippen LogP contribution < -0.4 is 5.73 Å². The summed E-state index contributed by atoms with van der Waals surface area (Å²) in [6, 6.07) is 0. The maximum Gasteiger partial charge on any atom is 0.156 e. The zero-order chi connectivity index (χ0) is 9.68. The molecule has 1 atom stereocenters. The number of nitrogens with two attached hydrogens (primary N) is 1. The molecule has 0 amide bonds. The minimum Gasteiger partial charge on any atom is -0.381 e. The molecule has 1 heterocycles. The van der Waals surface area contributed by atoms with E-state index in [0.29, 0.717) is 11.7 Å². The van der Waals surface area contributed by atoms with Gasteiger partial charge in [0, 0.05) is 18.1 Å². The molecular formula is C9H15N3S. The van der Waals surface area contributed by atoms with Crippen molar-refractivity contribution in [2.45, 2.75) is 25.3 Å². The molecule has 0 saturated heterocycles. The van der Waals surface area contributed by atoms with Crippen molar-refractivity contribution < 1.29 is 0 Å². The van der Waals surface area contributed by atoms with Crippen LogP contribution in [-0.4, -0.2) is 15.7 Å². The first-order valence-electron chi connectivity index (χ1n) is 4.43. The van der Waals surface area contributed by atoms with Gasteiger partial charge in [-0.05, 0) is 5.92 Å². The number of aromatic nitrogens is 2. The van der Waals surface area contributed by atoms with Gasteiger partial charge in [-0.2, -0.15) is 0 Å². The number of nitrogens with zero attached hydrogens (tertiary/aromatic N) is 2. The fourth-order valence-electron chi connectivity index (χ4n) is 0.786. The van der Waals surface area contributed by atoms with E-state index in [1.165, 1.54) is 6.42 Å². The maximum absolute atomic E-state index is 5.65. The third kappa shape index (κ3) is 3.22. The van der Waals surface area contributed by atoms with E-state index in [0.717, 1.165) is 10.8 Å². The molecule has 0 aliphatic rings. The fourth-order valence-corrected chi connectivity index (χ4v) is 1.80. The maximum atomic E-state index is 5.65. The van der Waals surface area contributed by atoms with Crippen molar-refractivity contribution in [3.63, 3.8) is 0 Å². The minimum atomic E-state index is 0.538. The first-order chi connectivity index (χ1) is 6.24. The Hall–Kier alpha value is -0.770.